The van der Waals surface area contributed by atoms with Crippen LogP contribution in [0.1, 0.15) is 38.7 Å². The molecule has 0 aliphatic heterocycles. The monoisotopic (exact) mass is 269 g/mol. The molecule has 0 saturated heterocycles. The predicted molar refractivity (Wildman–Crippen MR) is 73.9 cm³/mol. The Kier molecular flexibility index (Phi) is 5.17. The van der Waals surface area contributed by atoms with Crippen LogP contribution >= 0.6 is 11.6 Å². The van der Waals surface area contributed by atoms with Gasteiger partial charge in [-0.25, -0.2) is 0 Å². The molecule has 2 atom stereocenters. The van der Waals surface area contributed by atoms with Crippen molar-refractivity contribution in [3.63, 3.8) is 0 Å². The first kappa shape index (κ1) is 15.0. The number of aliphatic carboxylic acids is 1. The van der Waals surface area contributed by atoms with Crippen LogP contribution in [0.25, 0.3) is 0 Å². The molecule has 0 saturated carbocycles. The lowest BCUT2D eigenvalue weighted by Crippen LogP contribution is -2.46. The standard InChI is InChI=1S/C14H20ClNO2/c1-3-12(16)14(4-2,9-13(17)18)10-6-5-7-11(15)8-10/h5-8,12H,3-4,9,16H2,1-2H3,(H,17,18). The second kappa shape index (κ2) is 6.21. The van der Waals surface area contributed by atoms with Gasteiger partial charge in [0, 0.05) is 16.5 Å². The Hall–Kier alpha value is -1.06. The van der Waals surface area contributed by atoms with E-state index >= 15 is 0 Å². The van der Waals surface area contributed by atoms with E-state index in [1.807, 2.05) is 32.0 Å². The highest BCUT2D eigenvalue weighted by Crippen LogP contribution is 2.36. The van der Waals surface area contributed by atoms with Gasteiger partial charge in [-0.3, -0.25) is 4.79 Å². The quantitative estimate of drug-likeness (QED) is 0.834. The van der Waals surface area contributed by atoms with E-state index < -0.39 is 11.4 Å². The highest BCUT2D eigenvalue weighted by molar-refractivity contribution is 6.30. The Balaban J connectivity index is 3.29. The van der Waals surface area contributed by atoms with E-state index in [4.69, 9.17) is 22.4 Å². The number of carboxylic acid groups (broad SMARTS) is 1. The molecule has 4 heteroatoms. The van der Waals surface area contributed by atoms with Crippen LogP contribution in [-0.4, -0.2) is 17.1 Å². The van der Waals surface area contributed by atoms with Gasteiger partial charge in [0.2, 0.25) is 0 Å². The highest BCUT2D eigenvalue weighted by Gasteiger charge is 2.38. The molecule has 0 radical (unpaired) electrons. The molecule has 1 aromatic carbocycles. The van der Waals surface area contributed by atoms with Crippen LogP contribution < -0.4 is 5.73 Å². The molecular weight excluding hydrogens is 250 g/mol. The van der Waals surface area contributed by atoms with Crippen molar-refractivity contribution in [1.82, 2.24) is 0 Å². The van der Waals surface area contributed by atoms with Gasteiger partial charge in [0.15, 0.2) is 0 Å². The lowest BCUT2D eigenvalue weighted by atomic mass is 9.69. The topological polar surface area (TPSA) is 63.3 Å². The Labute approximate surface area is 113 Å². The van der Waals surface area contributed by atoms with Gasteiger partial charge in [-0.1, -0.05) is 37.6 Å². The van der Waals surface area contributed by atoms with Gasteiger partial charge in [-0.15, -0.1) is 0 Å². The highest BCUT2D eigenvalue weighted by atomic mass is 35.5. The Bertz CT molecular complexity index is 422. The van der Waals surface area contributed by atoms with Crippen molar-refractivity contribution in [2.24, 2.45) is 5.73 Å². The second-order valence-corrected chi connectivity index (χ2v) is 5.04. The third-order valence-corrected chi connectivity index (χ3v) is 3.88. The van der Waals surface area contributed by atoms with Crippen molar-refractivity contribution >= 4 is 17.6 Å². The van der Waals surface area contributed by atoms with Gasteiger partial charge in [0.25, 0.3) is 0 Å². The summed E-state index contributed by atoms with van der Waals surface area (Å²) < 4.78 is 0. The zero-order valence-electron chi connectivity index (χ0n) is 10.8. The van der Waals surface area contributed by atoms with E-state index in [1.165, 1.54) is 0 Å². The molecule has 18 heavy (non-hydrogen) atoms. The first-order chi connectivity index (χ1) is 8.46. The fraction of sp³-hybridized carbons (Fsp3) is 0.500. The van der Waals surface area contributed by atoms with Gasteiger partial charge < -0.3 is 10.8 Å². The smallest absolute Gasteiger partial charge is 0.304 e. The molecule has 100 valence electrons. The van der Waals surface area contributed by atoms with Crippen molar-refractivity contribution in [3.8, 4) is 0 Å². The van der Waals surface area contributed by atoms with E-state index in [9.17, 15) is 4.79 Å². The van der Waals surface area contributed by atoms with Crippen LogP contribution in [0.5, 0.6) is 0 Å². The molecule has 1 rings (SSSR count). The van der Waals surface area contributed by atoms with Crippen molar-refractivity contribution < 1.29 is 9.90 Å². The summed E-state index contributed by atoms with van der Waals surface area (Å²) in [6.45, 7) is 3.95. The maximum Gasteiger partial charge on any atom is 0.304 e. The summed E-state index contributed by atoms with van der Waals surface area (Å²) in [7, 11) is 0. The van der Waals surface area contributed by atoms with Crippen molar-refractivity contribution in [1.29, 1.82) is 0 Å². The number of benzene rings is 1. The molecule has 3 nitrogen and oxygen atoms in total. The van der Waals surface area contributed by atoms with E-state index in [2.05, 4.69) is 0 Å². The Morgan fingerprint density at radius 1 is 1.50 bits per heavy atom. The molecule has 0 aliphatic rings. The maximum absolute atomic E-state index is 11.2. The summed E-state index contributed by atoms with van der Waals surface area (Å²) in [5.41, 5.74) is 6.55. The zero-order valence-corrected chi connectivity index (χ0v) is 11.6. The number of hydrogen-bond donors (Lipinski definition) is 2. The average Bonchev–Trinajstić information content (AvgIpc) is 2.34. The largest absolute Gasteiger partial charge is 0.481 e. The van der Waals surface area contributed by atoms with Crippen LogP contribution in [0.3, 0.4) is 0 Å². The lowest BCUT2D eigenvalue weighted by Gasteiger charge is -2.37. The number of carbonyl (C=O) groups is 1. The molecule has 0 aliphatic carbocycles. The minimum absolute atomic E-state index is 0.0266. The zero-order chi connectivity index (χ0) is 13.8. The number of nitrogens with two attached hydrogens (primary N) is 1. The van der Waals surface area contributed by atoms with Crippen molar-refractivity contribution in [2.75, 3.05) is 0 Å². The van der Waals surface area contributed by atoms with Gasteiger partial charge in [-0.2, -0.15) is 0 Å². The second-order valence-electron chi connectivity index (χ2n) is 4.61. The number of halogens is 1. The minimum Gasteiger partial charge on any atom is -0.481 e. The van der Waals surface area contributed by atoms with Gasteiger partial charge in [-0.05, 0) is 30.5 Å². The fourth-order valence-electron chi connectivity index (χ4n) is 2.50. The first-order valence-corrected chi connectivity index (χ1v) is 6.57. The average molecular weight is 270 g/mol. The molecule has 0 heterocycles. The first-order valence-electron chi connectivity index (χ1n) is 6.19. The molecule has 0 spiro atoms. The van der Waals surface area contributed by atoms with E-state index in [0.29, 0.717) is 11.4 Å². The molecule has 0 bridgehead atoms. The SMILES string of the molecule is CCC(N)C(CC)(CC(=O)O)c1cccc(Cl)c1. The minimum atomic E-state index is -0.833. The molecule has 2 unspecified atom stereocenters. The summed E-state index contributed by atoms with van der Waals surface area (Å²) in [5, 5.41) is 9.78. The summed E-state index contributed by atoms with van der Waals surface area (Å²) in [5.74, 6) is -0.833. The molecule has 1 aromatic rings. The predicted octanol–water partition coefficient (Wildman–Crippen LogP) is 3.20. The van der Waals surface area contributed by atoms with Gasteiger partial charge in [0.05, 0.1) is 6.42 Å². The third-order valence-electron chi connectivity index (χ3n) is 3.65. The van der Waals surface area contributed by atoms with E-state index in [-0.39, 0.29) is 12.5 Å². The fourth-order valence-corrected chi connectivity index (χ4v) is 2.69. The van der Waals surface area contributed by atoms with Gasteiger partial charge >= 0.3 is 5.97 Å². The summed E-state index contributed by atoms with van der Waals surface area (Å²) in [6, 6.07) is 7.16. The molecule has 0 aromatic heterocycles. The summed E-state index contributed by atoms with van der Waals surface area (Å²) in [4.78, 5) is 11.2. The lowest BCUT2D eigenvalue weighted by molar-refractivity contribution is -0.138. The van der Waals surface area contributed by atoms with Crippen LogP contribution in [0.4, 0.5) is 0 Å². The normalized spacial score (nSPS) is 16.0. The third kappa shape index (κ3) is 3.03. The molecular formula is C14H20ClNO2. The number of carboxylic acids is 1. The van der Waals surface area contributed by atoms with Crippen LogP contribution in [-0.2, 0) is 10.2 Å². The van der Waals surface area contributed by atoms with Crippen molar-refractivity contribution in [2.45, 2.75) is 44.6 Å². The van der Waals surface area contributed by atoms with Crippen molar-refractivity contribution in [3.05, 3.63) is 34.9 Å². The molecule has 3 N–H and O–H groups in total. The van der Waals surface area contributed by atoms with E-state index in [0.717, 1.165) is 12.0 Å². The summed E-state index contributed by atoms with van der Waals surface area (Å²) >= 11 is 6.00. The van der Waals surface area contributed by atoms with E-state index in [1.54, 1.807) is 6.07 Å². The van der Waals surface area contributed by atoms with Gasteiger partial charge in [0.1, 0.15) is 0 Å². The summed E-state index contributed by atoms with van der Waals surface area (Å²) in [6.07, 6.45) is 1.43. The molecule has 0 amide bonds. The number of hydrogen-bond acceptors (Lipinski definition) is 2. The van der Waals surface area contributed by atoms with Crippen LogP contribution in [0.15, 0.2) is 24.3 Å². The number of rotatable bonds is 6. The Morgan fingerprint density at radius 2 is 2.17 bits per heavy atom. The maximum atomic E-state index is 11.2. The van der Waals surface area contributed by atoms with Crippen LogP contribution in [0.2, 0.25) is 5.02 Å². The molecule has 0 fully saturated rings. The Morgan fingerprint density at radius 3 is 2.61 bits per heavy atom. The van der Waals surface area contributed by atoms with Crippen LogP contribution in [0, 0.1) is 0 Å².